The van der Waals surface area contributed by atoms with E-state index in [2.05, 4.69) is 4.98 Å². The molecule has 0 fully saturated rings. The Hall–Kier alpha value is 0.750. The first-order valence-electron chi connectivity index (χ1n) is 2.19. The third kappa shape index (κ3) is 4.55. The van der Waals surface area contributed by atoms with Crippen LogP contribution in [-0.2, 0) is 0 Å². The molecule has 1 aromatic heterocycles. The molecule has 10 heavy (non-hydrogen) atoms. The van der Waals surface area contributed by atoms with Gasteiger partial charge in [0, 0.05) is 0 Å². The molecule has 2 N–H and O–H groups in total. The zero-order valence-corrected chi connectivity index (χ0v) is 10.2. The molecule has 5 heteroatoms. The van der Waals surface area contributed by atoms with Crippen molar-refractivity contribution in [2.24, 2.45) is 0 Å². The van der Waals surface area contributed by atoms with Crippen LogP contribution in [0.4, 0.5) is 11.6 Å². The fourth-order valence-corrected chi connectivity index (χ4v) is 0.435. The summed E-state index contributed by atoms with van der Waals surface area (Å²) in [7, 11) is 0. The van der Waals surface area contributed by atoms with Crippen molar-refractivity contribution in [1.29, 1.82) is 0 Å². The Bertz CT molecular complexity index is 175. The first kappa shape index (κ1) is 13.3. The molecule has 1 aromatic rings. The third-order valence-electron chi connectivity index (χ3n) is 0.749. The van der Waals surface area contributed by atoms with Crippen molar-refractivity contribution < 1.29 is 59.1 Å². The van der Waals surface area contributed by atoms with Crippen molar-refractivity contribution >= 4 is 11.6 Å². The van der Waals surface area contributed by atoms with Gasteiger partial charge in [-0.1, -0.05) is 29.8 Å². The fraction of sp³-hybridized carbons (Fsp3) is 0. The van der Waals surface area contributed by atoms with Gasteiger partial charge in [-0.15, -0.1) is 0 Å². The van der Waals surface area contributed by atoms with Crippen LogP contribution in [0, 0.1) is 0 Å². The molecular formula is C5H5N3Na2. The van der Waals surface area contributed by atoms with E-state index in [0.717, 1.165) is 0 Å². The molecular weight excluding hydrogens is 148 g/mol. The normalized spacial score (nSPS) is 7.20. The maximum absolute atomic E-state index is 6.90. The van der Waals surface area contributed by atoms with Crippen LogP contribution in [0.1, 0.15) is 0 Å². The standard InChI is InChI=1S/C5H5N3.2Na/c6-4-2-1-3-5(7)8-4;;/h1-3H,(H2-2,6,7,8);;/q-2;2*+1. The molecule has 0 aromatic carbocycles. The molecule has 3 nitrogen and oxygen atoms in total. The van der Waals surface area contributed by atoms with Gasteiger partial charge in [-0.2, -0.15) is 0 Å². The summed E-state index contributed by atoms with van der Waals surface area (Å²) in [6, 6.07) is 4.72. The molecule has 0 spiro atoms. The van der Waals surface area contributed by atoms with Crippen LogP contribution in [0.15, 0.2) is 18.2 Å². The first-order chi connectivity index (χ1) is 3.79. The Morgan fingerprint density at radius 1 is 1.00 bits per heavy atom. The monoisotopic (exact) mass is 153 g/mol. The van der Waals surface area contributed by atoms with Crippen molar-refractivity contribution in [2.45, 2.75) is 0 Å². The SMILES string of the molecule is [NH-]c1cccc([NH-])n1.[Na+].[Na+]. The molecule has 0 amide bonds. The second-order valence-electron chi connectivity index (χ2n) is 1.41. The summed E-state index contributed by atoms with van der Waals surface area (Å²) < 4.78 is 0. The van der Waals surface area contributed by atoms with Gasteiger partial charge in [-0.25, -0.2) is 0 Å². The quantitative estimate of drug-likeness (QED) is 0.356. The second kappa shape index (κ2) is 6.46. The minimum Gasteiger partial charge on any atom is -0.482 e. The van der Waals surface area contributed by atoms with Crippen LogP contribution in [0.2, 0.25) is 0 Å². The summed E-state index contributed by atoms with van der Waals surface area (Å²) in [4.78, 5) is 3.51. The van der Waals surface area contributed by atoms with Crippen molar-refractivity contribution in [1.82, 2.24) is 4.98 Å². The molecule has 0 aliphatic carbocycles. The van der Waals surface area contributed by atoms with E-state index in [0.29, 0.717) is 0 Å². The summed E-state index contributed by atoms with van der Waals surface area (Å²) in [5.41, 5.74) is 13.8. The topological polar surface area (TPSA) is 60.5 Å². The average molecular weight is 153 g/mol. The Morgan fingerprint density at radius 3 is 1.60 bits per heavy atom. The largest absolute Gasteiger partial charge is 1.00 e. The molecule has 0 unspecified atom stereocenters. The molecule has 1 heterocycles. The number of rotatable bonds is 0. The Labute approximate surface area is 104 Å². The van der Waals surface area contributed by atoms with Gasteiger partial charge >= 0.3 is 59.1 Å². The van der Waals surface area contributed by atoms with E-state index in [1.807, 2.05) is 0 Å². The van der Waals surface area contributed by atoms with Gasteiger partial charge in [-0.05, 0) is 0 Å². The Kier molecular flexibility index (Phi) is 8.62. The van der Waals surface area contributed by atoms with Crippen LogP contribution in [0.3, 0.4) is 0 Å². The molecule has 0 bridgehead atoms. The number of nitrogens with one attached hydrogen (secondary N) is 2. The van der Waals surface area contributed by atoms with Crippen LogP contribution in [-0.4, -0.2) is 4.98 Å². The Balaban J connectivity index is 0. The van der Waals surface area contributed by atoms with Crippen LogP contribution < -0.4 is 59.1 Å². The van der Waals surface area contributed by atoms with E-state index < -0.39 is 0 Å². The van der Waals surface area contributed by atoms with Gasteiger partial charge in [-0.3, -0.25) is 0 Å². The summed E-state index contributed by atoms with van der Waals surface area (Å²) in [5, 5.41) is 0. The number of nitrogens with zero attached hydrogens (tertiary/aromatic N) is 1. The molecule has 0 atom stereocenters. The fourth-order valence-electron chi connectivity index (χ4n) is 0.435. The van der Waals surface area contributed by atoms with E-state index in [4.69, 9.17) is 11.5 Å². The van der Waals surface area contributed by atoms with Gasteiger partial charge < -0.3 is 16.5 Å². The van der Waals surface area contributed by atoms with E-state index in [1.165, 1.54) is 12.1 Å². The molecule has 42 valence electrons. The Morgan fingerprint density at radius 2 is 1.40 bits per heavy atom. The van der Waals surface area contributed by atoms with Gasteiger partial charge in [0.1, 0.15) is 0 Å². The predicted molar refractivity (Wildman–Crippen MR) is 32.2 cm³/mol. The summed E-state index contributed by atoms with van der Waals surface area (Å²) >= 11 is 0. The molecule has 0 aliphatic rings. The maximum Gasteiger partial charge on any atom is 1.00 e. The minimum absolute atomic E-state index is 0. The summed E-state index contributed by atoms with van der Waals surface area (Å²) in [5.74, 6) is 0.301. The number of aromatic nitrogens is 1. The molecule has 0 saturated carbocycles. The smallest absolute Gasteiger partial charge is 0.482 e. The molecule has 0 radical (unpaired) electrons. The van der Waals surface area contributed by atoms with Gasteiger partial charge in [0.05, 0.1) is 0 Å². The van der Waals surface area contributed by atoms with E-state index in [-0.39, 0.29) is 70.8 Å². The first-order valence-corrected chi connectivity index (χ1v) is 2.19. The predicted octanol–water partition coefficient (Wildman–Crippen LogP) is -3.54. The van der Waals surface area contributed by atoms with Crippen molar-refractivity contribution in [2.75, 3.05) is 0 Å². The maximum atomic E-state index is 6.90. The van der Waals surface area contributed by atoms with E-state index >= 15 is 0 Å². The molecule has 0 aliphatic heterocycles. The zero-order valence-electron chi connectivity index (χ0n) is 6.18. The van der Waals surface area contributed by atoms with Gasteiger partial charge in [0.25, 0.3) is 0 Å². The molecule has 0 saturated heterocycles. The van der Waals surface area contributed by atoms with Crippen molar-refractivity contribution in [3.8, 4) is 0 Å². The number of pyridine rings is 1. The van der Waals surface area contributed by atoms with Crippen LogP contribution >= 0.6 is 0 Å². The third-order valence-corrected chi connectivity index (χ3v) is 0.749. The number of hydrogen-bond acceptors (Lipinski definition) is 1. The van der Waals surface area contributed by atoms with E-state index in [1.54, 1.807) is 6.07 Å². The molecule has 1 rings (SSSR count). The average Bonchev–Trinajstić information content (AvgIpc) is 1.64. The van der Waals surface area contributed by atoms with Gasteiger partial charge in [0.15, 0.2) is 0 Å². The second-order valence-corrected chi connectivity index (χ2v) is 1.41. The van der Waals surface area contributed by atoms with Crippen molar-refractivity contribution in [3.63, 3.8) is 0 Å². The summed E-state index contributed by atoms with van der Waals surface area (Å²) in [6.45, 7) is 0. The summed E-state index contributed by atoms with van der Waals surface area (Å²) in [6.07, 6.45) is 0. The van der Waals surface area contributed by atoms with Gasteiger partial charge in [0.2, 0.25) is 0 Å². The van der Waals surface area contributed by atoms with E-state index in [9.17, 15) is 0 Å². The zero-order chi connectivity index (χ0) is 5.98. The van der Waals surface area contributed by atoms with Crippen LogP contribution in [0.25, 0.3) is 11.5 Å². The van der Waals surface area contributed by atoms with Crippen molar-refractivity contribution in [3.05, 3.63) is 29.7 Å². The minimum atomic E-state index is 0. The van der Waals surface area contributed by atoms with Crippen LogP contribution in [0.5, 0.6) is 0 Å². The number of hydrogen-bond donors (Lipinski definition) is 0.